The van der Waals surface area contributed by atoms with Crippen LogP contribution in [0, 0.1) is 5.92 Å². The number of nitrogens with two attached hydrogens (primary N) is 1. The van der Waals surface area contributed by atoms with E-state index < -0.39 is 10.0 Å². The number of nitrogens with zero attached hydrogens (tertiary/aromatic N) is 1. The zero-order valence-corrected chi connectivity index (χ0v) is 9.00. The maximum absolute atomic E-state index is 11.8. The van der Waals surface area contributed by atoms with E-state index in [-0.39, 0.29) is 10.6 Å². The average Bonchev–Trinajstić information content (AvgIpc) is 2.99. The van der Waals surface area contributed by atoms with Crippen LogP contribution in [0.2, 0.25) is 0 Å². The molecule has 0 unspecified atom stereocenters. The smallest absolute Gasteiger partial charge is 0.244 e. The Bertz CT molecular complexity index is 454. The molecule has 82 valence electrons. The standard InChI is InChI=1S/C9H13N3O2S/c10-8-3-4-11-6-9(8)15(13,14)12-5-7-1-2-7/h3-4,6-7,12H,1-2,5H2,(H2,10,11). The largest absolute Gasteiger partial charge is 0.398 e. The first-order valence-corrected chi connectivity index (χ1v) is 6.27. The summed E-state index contributed by atoms with van der Waals surface area (Å²) in [4.78, 5) is 3.82. The van der Waals surface area contributed by atoms with Crippen molar-refractivity contribution in [2.24, 2.45) is 5.92 Å². The van der Waals surface area contributed by atoms with E-state index in [0.717, 1.165) is 12.8 Å². The Balaban J connectivity index is 2.16. The molecule has 1 aromatic heterocycles. The Morgan fingerprint density at radius 3 is 2.87 bits per heavy atom. The summed E-state index contributed by atoms with van der Waals surface area (Å²) in [6, 6.07) is 1.48. The van der Waals surface area contributed by atoms with Gasteiger partial charge in [-0.2, -0.15) is 0 Å². The van der Waals surface area contributed by atoms with Crippen LogP contribution in [0.3, 0.4) is 0 Å². The molecule has 1 saturated carbocycles. The highest BCUT2D eigenvalue weighted by Gasteiger charge is 2.25. The molecule has 1 fully saturated rings. The minimum Gasteiger partial charge on any atom is -0.398 e. The molecule has 1 heterocycles. The average molecular weight is 227 g/mol. The molecule has 1 aliphatic carbocycles. The van der Waals surface area contributed by atoms with Crippen molar-refractivity contribution in [1.29, 1.82) is 0 Å². The number of hydrogen-bond donors (Lipinski definition) is 2. The normalized spacial score (nSPS) is 16.5. The molecule has 0 amide bonds. The second-order valence-electron chi connectivity index (χ2n) is 3.71. The number of sulfonamides is 1. The fourth-order valence-electron chi connectivity index (χ4n) is 1.24. The topological polar surface area (TPSA) is 85.1 Å². The molecule has 0 saturated heterocycles. The molecule has 1 aliphatic rings. The summed E-state index contributed by atoms with van der Waals surface area (Å²) in [5.41, 5.74) is 5.80. The maximum Gasteiger partial charge on any atom is 0.244 e. The summed E-state index contributed by atoms with van der Waals surface area (Å²) in [7, 11) is -3.48. The molecule has 5 nitrogen and oxygen atoms in total. The second-order valence-corrected chi connectivity index (χ2v) is 5.44. The Labute approximate surface area is 88.8 Å². The fraction of sp³-hybridized carbons (Fsp3) is 0.444. The number of anilines is 1. The molecule has 0 atom stereocenters. The van der Waals surface area contributed by atoms with Gasteiger partial charge in [-0.15, -0.1) is 0 Å². The van der Waals surface area contributed by atoms with Gasteiger partial charge in [0.25, 0.3) is 0 Å². The van der Waals surface area contributed by atoms with Gasteiger partial charge in [0.1, 0.15) is 4.90 Å². The van der Waals surface area contributed by atoms with Crippen LogP contribution < -0.4 is 10.5 Å². The number of hydrogen-bond acceptors (Lipinski definition) is 4. The lowest BCUT2D eigenvalue weighted by molar-refractivity contribution is 0.577. The van der Waals surface area contributed by atoms with Crippen LogP contribution in [0.25, 0.3) is 0 Å². The van der Waals surface area contributed by atoms with E-state index in [0.29, 0.717) is 12.5 Å². The summed E-state index contributed by atoms with van der Waals surface area (Å²) in [5.74, 6) is 0.498. The lowest BCUT2D eigenvalue weighted by Crippen LogP contribution is -2.26. The van der Waals surface area contributed by atoms with Crippen LogP contribution in [-0.4, -0.2) is 19.9 Å². The van der Waals surface area contributed by atoms with Crippen LogP contribution in [-0.2, 0) is 10.0 Å². The van der Waals surface area contributed by atoms with Crippen molar-refractivity contribution in [3.05, 3.63) is 18.5 Å². The molecule has 1 aromatic rings. The van der Waals surface area contributed by atoms with E-state index in [1.807, 2.05) is 0 Å². The number of nitrogen functional groups attached to an aromatic ring is 1. The van der Waals surface area contributed by atoms with Crippen molar-refractivity contribution in [3.63, 3.8) is 0 Å². The molecule has 0 aromatic carbocycles. The molecule has 0 aliphatic heterocycles. The Hall–Kier alpha value is -1.14. The van der Waals surface area contributed by atoms with Crippen LogP contribution in [0.5, 0.6) is 0 Å². The lowest BCUT2D eigenvalue weighted by atomic mass is 10.4. The lowest BCUT2D eigenvalue weighted by Gasteiger charge is -2.07. The van der Waals surface area contributed by atoms with Crippen molar-refractivity contribution < 1.29 is 8.42 Å². The minimum absolute atomic E-state index is 0.0608. The van der Waals surface area contributed by atoms with E-state index in [1.54, 1.807) is 0 Å². The van der Waals surface area contributed by atoms with Gasteiger partial charge in [-0.3, -0.25) is 4.98 Å². The van der Waals surface area contributed by atoms with Crippen LogP contribution in [0.1, 0.15) is 12.8 Å². The van der Waals surface area contributed by atoms with Gasteiger partial charge in [-0.1, -0.05) is 0 Å². The fourth-order valence-corrected chi connectivity index (χ4v) is 2.43. The predicted molar refractivity (Wildman–Crippen MR) is 56.6 cm³/mol. The predicted octanol–water partition coefficient (Wildman–Crippen LogP) is 0.352. The third-order valence-electron chi connectivity index (χ3n) is 2.36. The first-order chi connectivity index (χ1) is 7.09. The summed E-state index contributed by atoms with van der Waals surface area (Å²) in [6.07, 6.45) is 4.94. The van der Waals surface area contributed by atoms with Crippen molar-refractivity contribution in [2.75, 3.05) is 12.3 Å². The molecule has 0 radical (unpaired) electrons. The zero-order valence-electron chi connectivity index (χ0n) is 8.18. The molecule has 3 N–H and O–H groups in total. The van der Waals surface area contributed by atoms with Gasteiger partial charge in [-0.25, -0.2) is 13.1 Å². The summed E-state index contributed by atoms with van der Waals surface area (Å²) in [5, 5.41) is 0. The van der Waals surface area contributed by atoms with E-state index in [9.17, 15) is 8.42 Å². The van der Waals surface area contributed by atoms with E-state index in [2.05, 4.69) is 9.71 Å². The van der Waals surface area contributed by atoms with Gasteiger partial charge in [0.15, 0.2) is 0 Å². The van der Waals surface area contributed by atoms with E-state index in [1.165, 1.54) is 18.5 Å². The van der Waals surface area contributed by atoms with Crippen molar-refractivity contribution in [1.82, 2.24) is 9.71 Å². The zero-order chi connectivity index (χ0) is 10.9. The maximum atomic E-state index is 11.8. The number of aromatic nitrogens is 1. The van der Waals surface area contributed by atoms with Crippen molar-refractivity contribution >= 4 is 15.7 Å². The number of rotatable bonds is 4. The minimum atomic E-state index is -3.48. The first-order valence-electron chi connectivity index (χ1n) is 4.79. The third-order valence-corrected chi connectivity index (χ3v) is 3.83. The SMILES string of the molecule is Nc1ccncc1S(=O)(=O)NCC1CC1. The molecular formula is C9H13N3O2S. The molecular weight excluding hydrogens is 214 g/mol. The second kappa shape index (κ2) is 3.79. The molecule has 6 heteroatoms. The van der Waals surface area contributed by atoms with E-state index >= 15 is 0 Å². The van der Waals surface area contributed by atoms with Gasteiger partial charge in [0.05, 0.1) is 5.69 Å². The monoisotopic (exact) mass is 227 g/mol. The Morgan fingerprint density at radius 2 is 2.27 bits per heavy atom. The van der Waals surface area contributed by atoms with Gasteiger partial charge in [-0.05, 0) is 24.8 Å². The molecule has 0 bridgehead atoms. The quantitative estimate of drug-likeness (QED) is 0.777. The van der Waals surface area contributed by atoms with Crippen LogP contribution in [0.15, 0.2) is 23.4 Å². The Kier molecular flexibility index (Phi) is 2.62. The molecule has 0 spiro atoms. The number of nitrogens with one attached hydrogen (secondary N) is 1. The third kappa shape index (κ3) is 2.45. The number of pyridine rings is 1. The summed E-state index contributed by atoms with van der Waals surface area (Å²) < 4.78 is 26.0. The molecule has 15 heavy (non-hydrogen) atoms. The van der Waals surface area contributed by atoms with Gasteiger partial charge in [0.2, 0.25) is 10.0 Å². The highest BCUT2D eigenvalue weighted by molar-refractivity contribution is 7.89. The highest BCUT2D eigenvalue weighted by atomic mass is 32.2. The van der Waals surface area contributed by atoms with Crippen molar-refractivity contribution in [2.45, 2.75) is 17.7 Å². The van der Waals surface area contributed by atoms with Gasteiger partial charge >= 0.3 is 0 Å². The van der Waals surface area contributed by atoms with E-state index in [4.69, 9.17) is 5.73 Å². The highest BCUT2D eigenvalue weighted by Crippen LogP contribution is 2.28. The summed E-state index contributed by atoms with van der Waals surface area (Å²) >= 11 is 0. The summed E-state index contributed by atoms with van der Waals surface area (Å²) in [6.45, 7) is 0.497. The van der Waals surface area contributed by atoms with Crippen LogP contribution >= 0.6 is 0 Å². The molecule has 2 rings (SSSR count). The van der Waals surface area contributed by atoms with Gasteiger partial charge in [0, 0.05) is 18.9 Å². The van der Waals surface area contributed by atoms with Gasteiger partial charge < -0.3 is 5.73 Å². The van der Waals surface area contributed by atoms with Crippen LogP contribution in [0.4, 0.5) is 5.69 Å². The Morgan fingerprint density at radius 1 is 1.53 bits per heavy atom. The first kappa shape index (κ1) is 10.4. The van der Waals surface area contributed by atoms with Crippen molar-refractivity contribution in [3.8, 4) is 0 Å².